The van der Waals surface area contributed by atoms with Crippen molar-refractivity contribution < 1.29 is 4.74 Å². The van der Waals surface area contributed by atoms with E-state index in [1.54, 1.807) is 6.20 Å². The van der Waals surface area contributed by atoms with Crippen molar-refractivity contribution in [2.45, 2.75) is 33.2 Å². The Morgan fingerprint density at radius 1 is 1.56 bits per heavy atom. The molecule has 0 saturated heterocycles. The molecule has 0 aliphatic carbocycles. The van der Waals surface area contributed by atoms with Crippen LogP contribution < -0.4 is 10.1 Å². The molecule has 1 N–H and O–H groups in total. The Morgan fingerprint density at radius 2 is 2.33 bits per heavy atom. The van der Waals surface area contributed by atoms with Crippen molar-refractivity contribution in [1.29, 1.82) is 0 Å². The molecule has 18 heavy (non-hydrogen) atoms. The van der Waals surface area contributed by atoms with E-state index in [9.17, 15) is 0 Å². The number of nitrogens with zero attached hydrogens (tertiary/aromatic N) is 1. The van der Waals surface area contributed by atoms with Crippen molar-refractivity contribution in [2.24, 2.45) is 0 Å². The number of rotatable bonds is 8. The second-order valence-electron chi connectivity index (χ2n) is 4.36. The Labute approximate surface area is 114 Å². The third-order valence-electron chi connectivity index (χ3n) is 2.39. The van der Waals surface area contributed by atoms with Crippen LogP contribution in [-0.2, 0) is 6.54 Å². The monoisotopic (exact) mass is 268 g/mol. The fraction of sp³-hybridized carbons (Fsp3) is 0.500. The molecule has 100 valence electrons. The van der Waals surface area contributed by atoms with E-state index < -0.39 is 0 Å². The first-order valence-corrected chi connectivity index (χ1v) is 6.63. The molecule has 0 spiro atoms. The van der Waals surface area contributed by atoms with Crippen LogP contribution in [0.25, 0.3) is 0 Å². The van der Waals surface area contributed by atoms with Crippen LogP contribution in [0.5, 0.6) is 5.88 Å². The normalized spacial score (nSPS) is 10.4. The highest BCUT2D eigenvalue weighted by Gasteiger charge is 2.04. The standard InChI is InChI=1S/C14H21ClN2O/c1-4-6-16-9-12-8-13(15)14(17-10-12)18-7-5-11(2)3/h8,10,16H,2,4-7,9H2,1,3H3. The lowest BCUT2D eigenvalue weighted by Gasteiger charge is -2.08. The highest BCUT2D eigenvalue weighted by molar-refractivity contribution is 6.31. The van der Waals surface area contributed by atoms with Gasteiger partial charge < -0.3 is 10.1 Å². The fourth-order valence-electron chi connectivity index (χ4n) is 1.40. The maximum atomic E-state index is 6.12. The van der Waals surface area contributed by atoms with Gasteiger partial charge in [0.1, 0.15) is 5.02 Å². The summed E-state index contributed by atoms with van der Waals surface area (Å²) in [5.74, 6) is 0.497. The Balaban J connectivity index is 2.48. The maximum absolute atomic E-state index is 6.12. The van der Waals surface area contributed by atoms with Crippen LogP contribution in [-0.4, -0.2) is 18.1 Å². The summed E-state index contributed by atoms with van der Waals surface area (Å²) in [6.45, 7) is 10.3. The number of hydrogen-bond donors (Lipinski definition) is 1. The minimum atomic E-state index is 0.497. The van der Waals surface area contributed by atoms with Crippen molar-refractivity contribution >= 4 is 11.6 Å². The van der Waals surface area contributed by atoms with Gasteiger partial charge in [0.2, 0.25) is 5.88 Å². The van der Waals surface area contributed by atoms with E-state index in [1.807, 2.05) is 13.0 Å². The van der Waals surface area contributed by atoms with E-state index in [2.05, 4.69) is 23.8 Å². The maximum Gasteiger partial charge on any atom is 0.232 e. The van der Waals surface area contributed by atoms with E-state index >= 15 is 0 Å². The predicted molar refractivity (Wildman–Crippen MR) is 76.2 cm³/mol. The van der Waals surface area contributed by atoms with Gasteiger partial charge in [-0.1, -0.05) is 24.1 Å². The molecule has 0 atom stereocenters. The SMILES string of the molecule is C=C(C)CCOc1ncc(CNCCC)cc1Cl. The first-order valence-electron chi connectivity index (χ1n) is 6.25. The molecule has 3 nitrogen and oxygen atoms in total. The molecule has 0 saturated carbocycles. The Hall–Kier alpha value is -1.06. The number of ether oxygens (including phenoxy) is 1. The first-order chi connectivity index (χ1) is 8.63. The molecule has 1 heterocycles. The first kappa shape index (κ1) is 15.0. The molecule has 0 amide bonds. The van der Waals surface area contributed by atoms with Crippen LogP contribution in [0.2, 0.25) is 5.02 Å². The summed E-state index contributed by atoms with van der Waals surface area (Å²) in [7, 11) is 0. The molecule has 4 heteroatoms. The summed E-state index contributed by atoms with van der Waals surface area (Å²) < 4.78 is 5.50. The van der Waals surface area contributed by atoms with E-state index in [-0.39, 0.29) is 0 Å². The number of pyridine rings is 1. The quantitative estimate of drug-likeness (QED) is 0.578. The van der Waals surface area contributed by atoms with Gasteiger partial charge in [-0.3, -0.25) is 0 Å². The highest BCUT2D eigenvalue weighted by Crippen LogP contribution is 2.22. The predicted octanol–water partition coefficient (Wildman–Crippen LogP) is 3.58. The van der Waals surface area contributed by atoms with Crippen LogP contribution in [0, 0.1) is 0 Å². The largest absolute Gasteiger partial charge is 0.476 e. The number of hydrogen-bond acceptors (Lipinski definition) is 3. The number of halogens is 1. The molecule has 0 aliphatic rings. The summed E-state index contributed by atoms with van der Waals surface area (Å²) in [5.41, 5.74) is 2.16. The smallest absolute Gasteiger partial charge is 0.232 e. The van der Waals surface area contributed by atoms with Gasteiger partial charge in [-0.05, 0) is 31.5 Å². The van der Waals surface area contributed by atoms with Crippen LogP contribution in [0.15, 0.2) is 24.4 Å². The van der Waals surface area contributed by atoms with Gasteiger partial charge in [-0.2, -0.15) is 0 Å². The third kappa shape index (κ3) is 5.52. The van der Waals surface area contributed by atoms with Gasteiger partial charge in [0.05, 0.1) is 6.61 Å². The average molecular weight is 269 g/mol. The Kier molecular flexibility index (Phi) is 6.76. The molecule has 1 aromatic heterocycles. The lowest BCUT2D eigenvalue weighted by atomic mass is 10.2. The zero-order valence-corrected chi connectivity index (χ0v) is 11.9. The van der Waals surface area contributed by atoms with Crippen molar-refractivity contribution in [3.63, 3.8) is 0 Å². The van der Waals surface area contributed by atoms with Gasteiger partial charge in [-0.15, -0.1) is 6.58 Å². The molecular formula is C14H21ClN2O. The van der Waals surface area contributed by atoms with Crippen LogP contribution in [0.3, 0.4) is 0 Å². The molecule has 0 bridgehead atoms. The second-order valence-corrected chi connectivity index (χ2v) is 4.77. The van der Waals surface area contributed by atoms with Crippen LogP contribution in [0.4, 0.5) is 0 Å². The van der Waals surface area contributed by atoms with E-state index in [1.165, 1.54) is 0 Å². The molecule has 0 aliphatic heterocycles. The molecule has 1 aromatic rings. The van der Waals surface area contributed by atoms with Gasteiger partial charge >= 0.3 is 0 Å². The highest BCUT2D eigenvalue weighted by atomic mass is 35.5. The zero-order chi connectivity index (χ0) is 13.4. The van der Waals surface area contributed by atoms with Crippen molar-refractivity contribution in [3.8, 4) is 5.88 Å². The summed E-state index contributed by atoms with van der Waals surface area (Å²) in [6.07, 6.45) is 3.73. The Morgan fingerprint density at radius 3 is 2.94 bits per heavy atom. The van der Waals surface area contributed by atoms with Crippen LogP contribution in [0.1, 0.15) is 32.3 Å². The van der Waals surface area contributed by atoms with Gasteiger partial charge in [-0.25, -0.2) is 4.98 Å². The minimum Gasteiger partial charge on any atom is -0.476 e. The van der Waals surface area contributed by atoms with Crippen molar-refractivity contribution in [2.75, 3.05) is 13.2 Å². The molecule has 0 unspecified atom stereocenters. The molecule has 0 radical (unpaired) electrons. The van der Waals surface area contributed by atoms with Crippen LogP contribution >= 0.6 is 11.6 Å². The lowest BCUT2D eigenvalue weighted by Crippen LogP contribution is -2.14. The molecule has 0 fully saturated rings. The third-order valence-corrected chi connectivity index (χ3v) is 2.66. The lowest BCUT2D eigenvalue weighted by molar-refractivity contribution is 0.309. The zero-order valence-electron chi connectivity index (χ0n) is 11.1. The molecule has 0 aromatic carbocycles. The Bertz CT molecular complexity index is 393. The second kappa shape index (κ2) is 8.11. The summed E-state index contributed by atoms with van der Waals surface area (Å²) >= 11 is 6.12. The average Bonchev–Trinajstić information content (AvgIpc) is 2.32. The van der Waals surface area contributed by atoms with E-state index in [0.717, 1.165) is 37.1 Å². The van der Waals surface area contributed by atoms with Gasteiger partial charge in [0.25, 0.3) is 0 Å². The van der Waals surface area contributed by atoms with Crippen molar-refractivity contribution in [1.82, 2.24) is 10.3 Å². The van der Waals surface area contributed by atoms with E-state index in [0.29, 0.717) is 17.5 Å². The number of aromatic nitrogens is 1. The number of nitrogens with one attached hydrogen (secondary N) is 1. The molecular weight excluding hydrogens is 248 g/mol. The summed E-state index contributed by atoms with van der Waals surface area (Å²) in [4.78, 5) is 4.23. The minimum absolute atomic E-state index is 0.497. The fourth-order valence-corrected chi connectivity index (χ4v) is 1.64. The van der Waals surface area contributed by atoms with Crippen molar-refractivity contribution in [3.05, 3.63) is 35.0 Å². The molecule has 1 rings (SSSR count). The van der Waals surface area contributed by atoms with E-state index in [4.69, 9.17) is 16.3 Å². The summed E-state index contributed by atoms with van der Waals surface area (Å²) in [5, 5.41) is 3.87. The van der Waals surface area contributed by atoms with Gasteiger partial charge in [0, 0.05) is 19.2 Å². The topological polar surface area (TPSA) is 34.1 Å². The summed E-state index contributed by atoms with van der Waals surface area (Å²) in [6, 6.07) is 1.90. The van der Waals surface area contributed by atoms with Gasteiger partial charge in [0.15, 0.2) is 0 Å².